The van der Waals surface area contributed by atoms with E-state index in [-0.39, 0.29) is 18.2 Å². The summed E-state index contributed by atoms with van der Waals surface area (Å²) in [5.41, 5.74) is 0. The summed E-state index contributed by atoms with van der Waals surface area (Å²) in [7, 11) is 1.74. The molecule has 2 fully saturated rings. The molecule has 1 saturated heterocycles. The number of nitrogens with one attached hydrogen (secondary N) is 1. The molecule has 1 aliphatic heterocycles. The minimum absolute atomic E-state index is 0.0233. The topological polar surface area (TPSA) is 47.6 Å². The van der Waals surface area contributed by atoms with Gasteiger partial charge in [0.2, 0.25) is 0 Å². The van der Waals surface area contributed by atoms with Gasteiger partial charge in [0.25, 0.3) is 0 Å². The molecule has 1 N–H and O–H groups in total. The Morgan fingerprint density at radius 1 is 1.25 bits per heavy atom. The molecular weight excluding hydrogens is 254 g/mol. The molecule has 4 nitrogen and oxygen atoms in total. The Balaban J connectivity index is 1.71. The number of rotatable bonds is 5. The Morgan fingerprint density at radius 3 is 2.75 bits per heavy atom. The third-order valence-corrected chi connectivity index (χ3v) is 4.84. The predicted molar refractivity (Wildman–Crippen MR) is 78.5 cm³/mol. The summed E-state index contributed by atoms with van der Waals surface area (Å²) in [6.07, 6.45) is 7.39. The van der Waals surface area contributed by atoms with Crippen LogP contribution in [0.3, 0.4) is 0 Å². The Kier molecular flexibility index (Phi) is 6.30. The van der Waals surface area contributed by atoms with Crippen LogP contribution in [0.4, 0.5) is 0 Å². The van der Waals surface area contributed by atoms with E-state index in [4.69, 9.17) is 9.47 Å². The molecule has 20 heavy (non-hydrogen) atoms. The monoisotopic (exact) mass is 283 g/mol. The molecular formula is C16H29NO3. The van der Waals surface area contributed by atoms with E-state index in [1.165, 1.54) is 12.8 Å². The van der Waals surface area contributed by atoms with Crippen LogP contribution in [0.2, 0.25) is 0 Å². The van der Waals surface area contributed by atoms with Crippen LogP contribution in [0.25, 0.3) is 0 Å². The van der Waals surface area contributed by atoms with Gasteiger partial charge in [0.05, 0.1) is 6.10 Å². The van der Waals surface area contributed by atoms with Crippen molar-refractivity contribution < 1.29 is 14.3 Å². The van der Waals surface area contributed by atoms with E-state index < -0.39 is 0 Å². The summed E-state index contributed by atoms with van der Waals surface area (Å²) in [4.78, 5) is 12.1. The third kappa shape index (κ3) is 4.74. The normalized spacial score (nSPS) is 32.6. The number of esters is 1. The Morgan fingerprint density at radius 2 is 2.05 bits per heavy atom. The van der Waals surface area contributed by atoms with Gasteiger partial charge in [-0.25, -0.2) is 0 Å². The fraction of sp³-hybridized carbons (Fsp3) is 0.938. The van der Waals surface area contributed by atoms with E-state index in [0.717, 1.165) is 38.8 Å². The predicted octanol–water partition coefficient (Wildman–Crippen LogP) is 2.51. The first kappa shape index (κ1) is 15.8. The second-order valence-corrected chi connectivity index (χ2v) is 6.42. The zero-order valence-corrected chi connectivity index (χ0v) is 12.9. The van der Waals surface area contributed by atoms with Crippen molar-refractivity contribution in [1.29, 1.82) is 0 Å². The van der Waals surface area contributed by atoms with Gasteiger partial charge < -0.3 is 14.8 Å². The quantitative estimate of drug-likeness (QED) is 0.788. The highest BCUT2D eigenvalue weighted by atomic mass is 16.5. The van der Waals surface area contributed by atoms with E-state index in [2.05, 4.69) is 12.2 Å². The lowest BCUT2D eigenvalue weighted by Gasteiger charge is -2.30. The lowest BCUT2D eigenvalue weighted by Crippen LogP contribution is -2.35. The molecule has 0 aromatic carbocycles. The fourth-order valence-electron chi connectivity index (χ4n) is 3.45. The van der Waals surface area contributed by atoms with Crippen LogP contribution in [0.15, 0.2) is 0 Å². The number of hydrogen-bond donors (Lipinski definition) is 1. The van der Waals surface area contributed by atoms with Gasteiger partial charge in [-0.2, -0.15) is 0 Å². The summed E-state index contributed by atoms with van der Waals surface area (Å²) in [5.74, 6) is 1.01. The van der Waals surface area contributed by atoms with Crippen LogP contribution in [-0.2, 0) is 14.3 Å². The van der Waals surface area contributed by atoms with Gasteiger partial charge in [-0.05, 0) is 57.0 Å². The van der Waals surface area contributed by atoms with E-state index in [0.29, 0.717) is 18.3 Å². The molecule has 4 unspecified atom stereocenters. The first-order valence-electron chi connectivity index (χ1n) is 8.12. The van der Waals surface area contributed by atoms with Crippen molar-refractivity contribution in [2.75, 3.05) is 20.2 Å². The molecule has 1 heterocycles. The summed E-state index contributed by atoms with van der Waals surface area (Å²) < 4.78 is 11.0. The highest BCUT2D eigenvalue weighted by Gasteiger charge is 2.27. The van der Waals surface area contributed by atoms with Crippen molar-refractivity contribution in [1.82, 2.24) is 5.32 Å². The van der Waals surface area contributed by atoms with Crippen LogP contribution in [-0.4, -0.2) is 38.4 Å². The molecule has 2 rings (SSSR count). The van der Waals surface area contributed by atoms with Gasteiger partial charge >= 0.3 is 5.97 Å². The molecule has 0 amide bonds. The summed E-state index contributed by atoms with van der Waals surface area (Å²) in [6, 6.07) is 0. The van der Waals surface area contributed by atoms with Gasteiger partial charge in [-0.1, -0.05) is 6.92 Å². The van der Waals surface area contributed by atoms with Crippen molar-refractivity contribution in [3.8, 4) is 0 Å². The summed E-state index contributed by atoms with van der Waals surface area (Å²) in [5, 5.41) is 3.42. The van der Waals surface area contributed by atoms with Crippen molar-refractivity contribution in [2.24, 2.45) is 11.8 Å². The van der Waals surface area contributed by atoms with Crippen LogP contribution >= 0.6 is 0 Å². The van der Waals surface area contributed by atoms with Gasteiger partial charge in [0, 0.05) is 20.0 Å². The number of ether oxygens (including phenoxy) is 2. The zero-order chi connectivity index (χ0) is 14.4. The van der Waals surface area contributed by atoms with Gasteiger partial charge in [0.1, 0.15) is 6.10 Å². The Labute approximate surface area is 122 Å². The van der Waals surface area contributed by atoms with Gasteiger partial charge in [0.15, 0.2) is 0 Å². The highest BCUT2D eigenvalue weighted by Crippen LogP contribution is 2.26. The first-order chi connectivity index (χ1) is 9.69. The maximum absolute atomic E-state index is 12.1. The minimum Gasteiger partial charge on any atom is -0.462 e. The van der Waals surface area contributed by atoms with Crippen LogP contribution in [0.5, 0.6) is 0 Å². The Hall–Kier alpha value is -0.610. The molecule has 4 atom stereocenters. The number of carbonyl (C=O) groups excluding carboxylic acids is 1. The standard InChI is InChI=1S/C16H29NO3/c1-12(13-5-4-8-17-11-13)9-16(18)20-15-7-3-6-14(10-15)19-2/h12-15,17H,3-11H2,1-2H3. The molecule has 1 saturated carbocycles. The van der Waals surface area contributed by atoms with E-state index in [1.54, 1.807) is 7.11 Å². The molecule has 0 spiro atoms. The van der Waals surface area contributed by atoms with Gasteiger partial charge in [-0.3, -0.25) is 4.79 Å². The van der Waals surface area contributed by atoms with Crippen molar-refractivity contribution in [2.45, 2.75) is 64.1 Å². The summed E-state index contributed by atoms with van der Waals surface area (Å²) in [6.45, 7) is 4.34. The van der Waals surface area contributed by atoms with Crippen molar-refractivity contribution in [3.63, 3.8) is 0 Å². The average Bonchev–Trinajstić information content (AvgIpc) is 2.48. The highest BCUT2D eigenvalue weighted by molar-refractivity contribution is 5.69. The SMILES string of the molecule is COC1CCCC(OC(=O)CC(C)C2CCCNC2)C1. The lowest BCUT2D eigenvalue weighted by molar-refractivity contribution is -0.154. The first-order valence-corrected chi connectivity index (χ1v) is 8.12. The fourth-order valence-corrected chi connectivity index (χ4v) is 3.45. The molecule has 1 aliphatic carbocycles. The second-order valence-electron chi connectivity index (χ2n) is 6.42. The number of hydrogen-bond acceptors (Lipinski definition) is 4. The van der Waals surface area contributed by atoms with Crippen molar-refractivity contribution in [3.05, 3.63) is 0 Å². The lowest BCUT2D eigenvalue weighted by atomic mass is 9.85. The largest absolute Gasteiger partial charge is 0.462 e. The maximum Gasteiger partial charge on any atom is 0.306 e. The number of piperidine rings is 1. The number of methoxy groups -OCH3 is 1. The van der Waals surface area contributed by atoms with Crippen LogP contribution < -0.4 is 5.32 Å². The van der Waals surface area contributed by atoms with Crippen LogP contribution in [0.1, 0.15) is 51.9 Å². The molecule has 0 bridgehead atoms. The molecule has 116 valence electrons. The molecule has 4 heteroatoms. The third-order valence-electron chi connectivity index (χ3n) is 4.84. The van der Waals surface area contributed by atoms with E-state index in [9.17, 15) is 4.79 Å². The van der Waals surface area contributed by atoms with Crippen molar-refractivity contribution >= 4 is 5.97 Å². The van der Waals surface area contributed by atoms with E-state index in [1.807, 2.05) is 0 Å². The Bertz CT molecular complexity index is 296. The average molecular weight is 283 g/mol. The number of carbonyl (C=O) groups is 1. The molecule has 0 aromatic heterocycles. The van der Waals surface area contributed by atoms with Gasteiger partial charge in [-0.15, -0.1) is 0 Å². The smallest absolute Gasteiger partial charge is 0.306 e. The van der Waals surface area contributed by atoms with Crippen LogP contribution in [0, 0.1) is 11.8 Å². The molecule has 2 aliphatic rings. The molecule has 0 aromatic rings. The molecule has 0 radical (unpaired) electrons. The zero-order valence-electron chi connectivity index (χ0n) is 12.9. The summed E-state index contributed by atoms with van der Waals surface area (Å²) >= 11 is 0. The second kappa shape index (κ2) is 7.99. The maximum atomic E-state index is 12.1. The van der Waals surface area contributed by atoms with E-state index >= 15 is 0 Å². The minimum atomic E-state index is -0.0233.